The molecule has 1 aromatic heterocycles. The van der Waals surface area contributed by atoms with Crippen LogP contribution >= 0.6 is 12.2 Å². The molecule has 6 nitrogen and oxygen atoms in total. The van der Waals surface area contributed by atoms with Gasteiger partial charge in [0.1, 0.15) is 0 Å². The average Bonchev–Trinajstić information content (AvgIpc) is 2.34. The first-order chi connectivity index (χ1) is 8.15. The van der Waals surface area contributed by atoms with Crippen molar-refractivity contribution in [2.24, 2.45) is 0 Å². The van der Waals surface area contributed by atoms with Crippen LogP contribution < -0.4 is 20.9 Å². The minimum Gasteiger partial charge on any atom is -0.618 e. The van der Waals surface area contributed by atoms with Crippen molar-refractivity contribution in [3.8, 4) is 0 Å². The topological polar surface area (TPSA) is 80.1 Å². The Balaban J connectivity index is 2.48. The maximum atomic E-state index is 11.5. The summed E-state index contributed by atoms with van der Waals surface area (Å²) in [4.78, 5) is 11.5. The van der Waals surface area contributed by atoms with Gasteiger partial charge in [-0.1, -0.05) is 6.08 Å². The largest absolute Gasteiger partial charge is 0.618 e. The zero-order valence-electron chi connectivity index (χ0n) is 8.97. The van der Waals surface area contributed by atoms with Gasteiger partial charge < -0.3 is 10.5 Å². The average molecular weight is 252 g/mol. The Morgan fingerprint density at radius 3 is 2.94 bits per heavy atom. The predicted molar refractivity (Wildman–Crippen MR) is 66.8 cm³/mol. The molecule has 3 N–H and O–H groups in total. The summed E-state index contributed by atoms with van der Waals surface area (Å²) in [5.74, 6) is -0.566. The standard InChI is InChI=1S/C10H12N4O2S/c1-2-6-11-10(17)13-12-9(15)8-5-3-4-7-14(8)16/h2-5,7H,1,6H2,(H,12,15)(H2,11,13,17). The molecule has 1 aromatic rings. The Morgan fingerprint density at radius 1 is 1.53 bits per heavy atom. The van der Waals surface area contributed by atoms with E-state index in [4.69, 9.17) is 12.2 Å². The van der Waals surface area contributed by atoms with Crippen LogP contribution in [0.5, 0.6) is 0 Å². The van der Waals surface area contributed by atoms with Crippen molar-refractivity contribution in [1.82, 2.24) is 16.2 Å². The second kappa shape index (κ2) is 6.44. The summed E-state index contributed by atoms with van der Waals surface area (Å²) in [5.41, 5.74) is 4.74. The minimum atomic E-state index is -0.566. The molecule has 0 saturated heterocycles. The Hall–Kier alpha value is -2.15. The van der Waals surface area contributed by atoms with Gasteiger partial charge in [-0.2, -0.15) is 4.73 Å². The zero-order chi connectivity index (χ0) is 12.7. The van der Waals surface area contributed by atoms with E-state index in [0.717, 1.165) is 0 Å². The van der Waals surface area contributed by atoms with Crippen molar-refractivity contribution in [2.75, 3.05) is 6.54 Å². The van der Waals surface area contributed by atoms with Crippen molar-refractivity contribution in [1.29, 1.82) is 0 Å². The Kier molecular flexibility index (Phi) is 4.89. The number of hydrogen-bond donors (Lipinski definition) is 3. The molecule has 0 spiro atoms. The first kappa shape index (κ1) is 12.9. The molecule has 17 heavy (non-hydrogen) atoms. The summed E-state index contributed by atoms with van der Waals surface area (Å²) in [6, 6.07) is 4.54. The SMILES string of the molecule is C=CCNC(=S)NNC(=O)c1cccc[n+]1[O-]. The van der Waals surface area contributed by atoms with E-state index < -0.39 is 5.91 Å². The summed E-state index contributed by atoms with van der Waals surface area (Å²) >= 11 is 4.85. The van der Waals surface area contributed by atoms with E-state index in [9.17, 15) is 10.0 Å². The summed E-state index contributed by atoms with van der Waals surface area (Å²) in [5, 5.41) is 14.2. The fraction of sp³-hybridized carbons (Fsp3) is 0.100. The van der Waals surface area contributed by atoms with E-state index >= 15 is 0 Å². The lowest BCUT2D eigenvalue weighted by molar-refractivity contribution is -0.607. The molecule has 0 aliphatic heterocycles. The van der Waals surface area contributed by atoms with Crippen molar-refractivity contribution >= 4 is 23.2 Å². The quantitative estimate of drug-likeness (QED) is 0.224. The van der Waals surface area contributed by atoms with Crippen LogP contribution in [0.1, 0.15) is 10.5 Å². The Bertz CT molecular complexity index is 436. The first-order valence-electron chi connectivity index (χ1n) is 4.78. The van der Waals surface area contributed by atoms with E-state index in [1.165, 1.54) is 18.3 Å². The maximum Gasteiger partial charge on any atom is 0.335 e. The smallest absolute Gasteiger partial charge is 0.335 e. The monoisotopic (exact) mass is 252 g/mol. The van der Waals surface area contributed by atoms with Gasteiger partial charge in [-0.25, -0.2) is 0 Å². The van der Waals surface area contributed by atoms with Crippen LogP contribution in [0.25, 0.3) is 0 Å². The molecule has 0 saturated carbocycles. The van der Waals surface area contributed by atoms with Crippen LogP contribution in [-0.2, 0) is 0 Å². The lowest BCUT2D eigenvalue weighted by Crippen LogP contribution is -2.49. The van der Waals surface area contributed by atoms with Crippen LogP contribution in [0.4, 0.5) is 0 Å². The van der Waals surface area contributed by atoms with Gasteiger partial charge in [-0.15, -0.1) is 6.58 Å². The molecule has 0 atom stereocenters. The lowest BCUT2D eigenvalue weighted by Gasteiger charge is -2.09. The number of hydrogen-bond acceptors (Lipinski definition) is 3. The second-order valence-corrected chi connectivity index (χ2v) is 3.40. The normalized spacial score (nSPS) is 9.18. The molecule has 90 valence electrons. The second-order valence-electron chi connectivity index (χ2n) is 2.99. The van der Waals surface area contributed by atoms with Gasteiger partial charge in [0.2, 0.25) is 0 Å². The third-order valence-electron chi connectivity index (χ3n) is 1.75. The molecule has 1 amide bonds. The Labute approximate surface area is 104 Å². The van der Waals surface area contributed by atoms with E-state index in [1.807, 2.05) is 0 Å². The molecular weight excluding hydrogens is 240 g/mol. The molecular formula is C10H12N4O2S. The highest BCUT2D eigenvalue weighted by molar-refractivity contribution is 7.80. The fourth-order valence-corrected chi connectivity index (χ4v) is 1.13. The molecule has 0 unspecified atom stereocenters. The first-order valence-corrected chi connectivity index (χ1v) is 5.19. The van der Waals surface area contributed by atoms with E-state index in [2.05, 4.69) is 22.7 Å². The highest BCUT2D eigenvalue weighted by atomic mass is 32.1. The molecule has 0 aliphatic carbocycles. The van der Waals surface area contributed by atoms with Crippen LogP contribution in [0.15, 0.2) is 37.1 Å². The van der Waals surface area contributed by atoms with Gasteiger partial charge in [-0.3, -0.25) is 15.6 Å². The molecule has 0 radical (unpaired) electrons. The van der Waals surface area contributed by atoms with Crippen molar-refractivity contribution in [3.63, 3.8) is 0 Å². The summed E-state index contributed by atoms with van der Waals surface area (Å²) in [6.07, 6.45) is 2.86. The number of carbonyl (C=O) groups excluding carboxylic acids is 1. The number of nitrogens with one attached hydrogen (secondary N) is 3. The number of thiocarbonyl (C=S) groups is 1. The van der Waals surface area contributed by atoms with Crippen LogP contribution in [0.2, 0.25) is 0 Å². The van der Waals surface area contributed by atoms with Crippen molar-refractivity contribution in [2.45, 2.75) is 0 Å². The van der Waals surface area contributed by atoms with Crippen LogP contribution in [0, 0.1) is 5.21 Å². The van der Waals surface area contributed by atoms with Gasteiger partial charge in [0.05, 0.1) is 0 Å². The molecule has 7 heteroatoms. The maximum absolute atomic E-state index is 11.5. The number of aromatic nitrogens is 1. The van der Waals surface area contributed by atoms with Crippen molar-refractivity contribution < 1.29 is 9.52 Å². The highest BCUT2D eigenvalue weighted by Gasteiger charge is 2.14. The van der Waals surface area contributed by atoms with Gasteiger partial charge in [-0.05, 0) is 18.3 Å². The minimum absolute atomic E-state index is 0.0217. The summed E-state index contributed by atoms with van der Waals surface area (Å²) < 4.78 is 0.469. The molecule has 0 aliphatic rings. The predicted octanol–water partition coefficient (Wildman–Crippen LogP) is -0.385. The number of nitrogens with zero attached hydrogens (tertiary/aromatic N) is 1. The molecule has 0 bridgehead atoms. The number of rotatable bonds is 3. The van der Waals surface area contributed by atoms with Gasteiger partial charge in [0.25, 0.3) is 5.69 Å². The fourth-order valence-electron chi connectivity index (χ4n) is 0.991. The van der Waals surface area contributed by atoms with Crippen molar-refractivity contribution in [3.05, 3.63) is 48.0 Å². The number of pyridine rings is 1. The Morgan fingerprint density at radius 2 is 2.29 bits per heavy atom. The third kappa shape index (κ3) is 4.07. The summed E-state index contributed by atoms with van der Waals surface area (Å²) in [7, 11) is 0. The van der Waals surface area contributed by atoms with Gasteiger partial charge in [0.15, 0.2) is 11.3 Å². The van der Waals surface area contributed by atoms with Gasteiger partial charge >= 0.3 is 5.91 Å². The number of carbonyl (C=O) groups is 1. The van der Waals surface area contributed by atoms with E-state index in [-0.39, 0.29) is 10.8 Å². The highest BCUT2D eigenvalue weighted by Crippen LogP contribution is 1.89. The summed E-state index contributed by atoms with van der Waals surface area (Å²) in [6.45, 7) is 3.99. The number of hydrazine groups is 1. The molecule has 1 rings (SSSR count). The molecule has 0 fully saturated rings. The van der Waals surface area contributed by atoms with E-state index in [1.54, 1.807) is 12.1 Å². The van der Waals surface area contributed by atoms with Crippen LogP contribution in [0.3, 0.4) is 0 Å². The lowest BCUT2D eigenvalue weighted by atomic mass is 10.3. The van der Waals surface area contributed by atoms with Crippen LogP contribution in [-0.4, -0.2) is 17.6 Å². The van der Waals surface area contributed by atoms with Gasteiger partial charge in [0, 0.05) is 18.7 Å². The zero-order valence-corrected chi connectivity index (χ0v) is 9.79. The van der Waals surface area contributed by atoms with E-state index in [0.29, 0.717) is 11.3 Å². The number of amides is 1. The molecule has 0 aromatic carbocycles. The molecule has 1 heterocycles. The third-order valence-corrected chi connectivity index (χ3v) is 2.00.